The van der Waals surface area contributed by atoms with Gasteiger partial charge < -0.3 is 14.6 Å². The van der Waals surface area contributed by atoms with E-state index in [0.717, 1.165) is 38.5 Å². The highest BCUT2D eigenvalue weighted by molar-refractivity contribution is 5.66. The van der Waals surface area contributed by atoms with E-state index >= 15 is 0 Å². The van der Waals surface area contributed by atoms with Gasteiger partial charge in [-0.2, -0.15) is 0 Å². The Hall–Kier alpha value is -1.88. The number of ether oxygens (including phenoxy) is 2. The number of aliphatic carboxylic acids is 1. The molecule has 5 nitrogen and oxygen atoms in total. The number of benzene rings is 1. The van der Waals surface area contributed by atoms with E-state index in [2.05, 4.69) is 12.1 Å². The summed E-state index contributed by atoms with van der Waals surface area (Å²) in [4.78, 5) is 21.4. The molecule has 0 radical (unpaired) electrons. The van der Waals surface area contributed by atoms with Crippen LogP contribution in [0.15, 0.2) is 30.3 Å². The van der Waals surface area contributed by atoms with Crippen LogP contribution in [0, 0.1) is 0 Å². The Morgan fingerprint density at radius 1 is 0.781 bits per heavy atom. The Labute approximate surface area is 194 Å². The molecule has 0 amide bonds. The summed E-state index contributed by atoms with van der Waals surface area (Å²) in [5.41, 5.74) is 1.19. The topological polar surface area (TPSA) is 72.8 Å². The maximum Gasteiger partial charge on any atom is 0.303 e. The maximum atomic E-state index is 10.7. The number of carbonyl (C=O) groups is 2. The lowest BCUT2D eigenvalue weighted by Gasteiger charge is -2.18. The van der Waals surface area contributed by atoms with Crippen LogP contribution in [0.4, 0.5) is 0 Å². The number of carboxylic acid groups (broad SMARTS) is 1. The van der Waals surface area contributed by atoms with E-state index in [4.69, 9.17) is 14.6 Å². The van der Waals surface area contributed by atoms with E-state index in [0.29, 0.717) is 13.2 Å². The van der Waals surface area contributed by atoms with Gasteiger partial charge in [-0.05, 0) is 31.2 Å². The highest BCUT2D eigenvalue weighted by atomic mass is 16.5. The normalized spacial score (nSPS) is 11.9. The fourth-order valence-corrected chi connectivity index (χ4v) is 3.85. The molecule has 0 heterocycles. The zero-order valence-corrected chi connectivity index (χ0v) is 20.1. The van der Waals surface area contributed by atoms with Gasteiger partial charge in [-0.3, -0.25) is 9.59 Å². The summed E-state index contributed by atoms with van der Waals surface area (Å²) in [6.07, 6.45) is 16.3. The van der Waals surface area contributed by atoms with E-state index in [1.807, 2.05) is 18.2 Å². The average molecular weight is 449 g/mol. The molecule has 32 heavy (non-hydrogen) atoms. The summed E-state index contributed by atoms with van der Waals surface area (Å²) in [7, 11) is 0. The average Bonchev–Trinajstić information content (AvgIpc) is 2.77. The van der Waals surface area contributed by atoms with Crippen molar-refractivity contribution in [3.63, 3.8) is 0 Å². The van der Waals surface area contributed by atoms with Gasteiger partial charge in [0.05, 0.1) is 19.3 Å². The van der Waals surface area contributed by atoms with Crippen molar-refractivity contribution >= 4 is 11.9 Å². The molecule has 1 aromatic rings. The van der Waals surface area contributed by atoms with Crippen molar-refractivity contribution in [2.24, 2.45) is 0 Å². The van der Waals surface area contributed by atoms with Crippen LogP contribution in [0.3, 0.4) is 0 Å². The van der Waals surface area contributed by atoms with Gasteiger partial charge in [0.25, 0.3) is 0 Å². The highest BCUT2D eigenvalue weighted by Gasteiger charge is 2.10. The lowest BCUT2D eigenvalue weighted by molar-refractivity contribution is -0.141. The Morgan fingerprint density at radius 3 is 1.88 bits per heavy atom. The summed E-state index contributed by atoms with van der Waals surface area (Å²) >= 11 is 0. The SMILES string of the molecule is CC(=O)OCCCCCCCCCCCCC(CCCCC(=O)O)OCc1ccccc1. The third kappa shape index (κ3) is 17.8. The number of carboxylic acids is 1. The second-order valence-electron chi connectivity index (χ2n) is 8.72. The molecule has 0 spiro atoms. The standard InChI is InChI=1S/C27H44O5/c1-24(28)31-22-16-9-7-5-3-2-4-6-8-13-19-26(20-14-15-21-27(29)30)32-23-25-17-11-10-12-18-25/h10-12,17-18,26H,2-9,13-16,19-23H2,1H3,(H,29,30). The predicted octanol–water partition coefficient (Wildman–Crippen LogP) is 7.07. The third-order valence-electron chi connectivity index (χ3n) is 5.72. The van der Waals surface area contributed by atoms with E-state index in [-0.39, 0.29) is 18.5 Å². The fraction of sp³-hybridized carbons (Fsp3) is 0.704. The van der Waals surface area contributed by atoms with Gasteiger partial charge in [0.2, 0.25) is 0 Å². The zero-order valence-electron chi connectivity index (χ0n) is 20.1. The molecule has 0 aliphatic heterocycles. The lowest BCUT2D eigenvalue weighted by atomic mass is 10.0. The van der Waals surface area contributed by atoms with Crippen LogP contribution in [0.1, 0.15) is 109 Å². The molecule has 1 atom stereocenters. The van der Waals surface area contributed by atoms with E-state index in [9.17, 15) is 9.59 Å². The molecule has 0 aliphatic carbocycles. The van der Waals surface area contributed by atoms with Crippen LogP contribution < -0.4 is 0 Å². The monoisotopic (exact) mass is 448 g/mol. The first-order chi connectivity index (χ1) is 15.6. The van der Waals surface area contributed by atoms with Gasteiger partial charge in [0.15, 0.2) is 0 Å². The molecule has 0 saturated heterocycles. The minimum atomic E-state index is -0.714. The van der Waals surface area contributed by atoms with Crippen molar-refractivity contribution in [3.8, 4) is 0 Å². The van der Waals surface area contributed by atoms with Crippen molar-refractivity contribution in [2.75, 3.05) is 6.61 Å². The molecular weight excluding hydrogens is 404 g/mol. The van der Waals surface area contributed by atoms with E-state index in [1.54, 1.807) is 0 Å². The quantitative estimate of drug-likeness (QED) is 0.161. The Morgan fingerprint density at radius 2 is 1.31 bits per heavy atom. The van der Waals surface area contributed by atoms with Crippen LogP contribution in [0.5, 0.6) is 0 Å². The lowest BCUT2D eigenvalue weighted by Crippen LogP contribution is -2.13. The van der Waals surface area contributed by atoms with Crippen LogP contribution >= 0.6 is 0 Å². The highest BCUT2D eigenvalue weighted by Crippen LogP contribution is 2.18. The van der Waals surface area contributed by atoms with Crippen LogP contribution in [0.2, 0.25) is 0 Å². The van der Waals surface area contributed by atoms with Crippen LogP contribution in [-0.4, -0.2) is 29.8 Å². The van der Waals surface area contributed by atoms with E-state index in [1.165, 1.54) is 63.9 Å². The smallest absolute Gasteiger partial charge is 0.303 e. The second-order valence-corrected chi connectivity index (χ2v) is 8.72. The molecule has 0 aliphatic rings. The molecule has 0 fully saturated rings. The molecule has 1 rings (SSSR count). The van der Waals surface area contributed by atoms with Crippen LogP contribution in [-0.2, 0) is 25.7 Å². The Kier molecular flexibility index (Phi) is 17.4. The molecule has 0 saturated carbocycles. The van der Waals surface area contributed by atoms with Gasteiger partial charge in [0.1, 0.15) is 0 Å². The van der Waals surface area contributed by atoms with Crippen molar-refractivity contribution in [1.29, 1.82) is 0 Å². The molecule has 0 aromatic heterocycles. The first-order valence-corrected chi connectivity index (χ1v) is 12.6. The molecule has 1 N–H and O–H groups in total. The van der Waals surface area contributed by atoms with Gasteiger partial charge in [0, 0.05) is 13.3 Å². The van der Waals surface area contributed by atoms with Gasteiger partial charge in [-0.25, -0.2) is 0 Å². The summed E-state index contributed by atoms with van der Waals surface area (Å²) in [5, 5.41) is 8.83. The van der Waals surface area contributed by atoms with Crippen molar-refractivity contribution in [3.05, 3.63) is 35.9 Å². The number of hydrogen-bond acceptors (Lipinski definition) is 4. The van der Waals surface area contributed by atoms with Gasteiger partial charge in [-0.1, -0.05) is 94.5 Å². The van der Waals surface area contributed by atoms with Crippen LogP contribution in [0.25, 0.3) is 0 Å². The predicted molar refractivity (Wildman–Crippen MR) is 129 cm³/mol. The first-order valence-electron chi connectivity index (χ1n) is 12.6. The fourth-order valence-electron chi connectivity index (χ4n) is 3.85. The largest absolute Gasteiger partial charge is 0.481 e. The molecule has 1 aromatic carbocycles. The molecular formula is C27H44O5. The number of rotatable bonds is 21. The van der Waals surface area contributed by atoms with Gasteiger partial charge in [-0.15, -0.1) is 0 Å². The second kappa shape index (κ2) is 19.8. The third-order valence-corrected chi connectivity index (χ3v) is 5.72. The summed E-state index contributed by atoms with van der Waals surface area (Å²) in [6, 6.07) is 10.2. The Bertz CT molecular complexity index is 587. The summed E-state index contributed by atoms with van der Waals surface area (Å²) in [6.45, 7) is 2.65. The minimum absolute atomic E-state index is 0.183. The maximum absolute atomic E-state index is 10.7. The number of unbranched alkanes of at least 4 members (excludes halogenated alkanes) is 10. The van der Waals surface area contributed by atoms with E-state index < -0.39 is 5.97 Å². The zero-order chi connectivity index (χ0) is 23.3. The molecule has 1 unspecified atom stereocenters. The number of hydrogen-bond donors (Lipinski definition) is 1. The van der Waals surface area contributed by atoms with Crippen molar-refractivity contribution in [2.45, 2.75) is 116 Å². The molecule has 182 valence electrons. The number of carbonyl (C=O) groups excluding carboxylic acids is 1. The molecule has 5 heteroatoms. The summed E-state index contributed by atoms with van der Waals surface area (Å²) in [5.74, 6) is -0.897. The van der Waals surface area contributed by atoms with Crippen molar-refractivity contribution < 1.29 is 24.2 Å². The van der Waals surface area contributed by atoms with Gasteiger partial charge >= 0.3 is 11.9 Å². The Balaban J connectivity index is 2.06. The minimum Gasteiger partial charge on any atom is -0.481 e. The first kappa shape index (κ1) is 28.2. The summed E-state index contributed by atoms with van der Waals surface area (Å²) < 4.78 is 11.1. The molecule has 0 bridgehead atoms. The van der Waals surface area contributed by atoms with Crippen molar-refractivity contribution in [1.82, 2.24) is 0 Å². The number of esters is 1.